The van der Waals surface area contributed by atoms with Crippen LogP contribution in [-0.4, -0.2) is 30.3 Å². The molecule has 2 N–H and O–H groups in total. The Kier molecular flexibility index (Phi) is 4.12. The molecule has 0 unspecified atom stereocenters. The van der Waals surface area contributed by atoms with Crippen molar-refractivity contribution in [2.45, 2.75) is 6.42 Å². The highest BCUT2D eigenvalue weighted by molar-refractivity contribution is 5.94. The van der Waals surface area contributed by atoms with Gasteiger partial charge in [-0.15, -0.1) is 0 Å². The Morgan fingerprint density at radius 1 is 1.17 bits per heavy atom. The lowest BCUT2D eigenvalue weighted by Gasteiger charge is -2.06. The molecular weight excluding hydrogens is 313 g/mol. The number of halogens is 1. The normalized spacial score (nSPS) is 10.8. The van der Waals surface area contributed by atoms with Crippen LogP contribution in [0.4, 0.5) is 4.39 Å². The molecule has 0 spiro atoms. The first-order chi connectivity index (χ1) is 11.5. The predicted molar refractivity (Wildman–Crippen MR) is 88.1 cm³/mol. The van der Waals surface area contributed by atoms with E-state index in [-0.39, 0.29) is 12.2 Å². The second-order valence-corrected chi connectivity index (χ2v) is 5.31. The minimum Gasteiger partial charge on any atom is -0.497 e. The van der Waals surface area contributed by atoms with E-state index < -0.39 is 11.8 Å². The molecule has 0 fully saturated rings. The Morgan fingerprint density at radius 3 is 2.58 bits per heavy atom. The number of rotatable bonds is 5. The van der Waals surface area contributed by atoms with Crippen LogP contribution in [0.25, 0.3) is 22.2 Å². The van der Waals surface area contributed by atoms with Gasteiger partial charge in [-0.2, -0.15) is 0 Å². The molecule has 0 bridgehead atoms. The molecule has 0 aliphatic heterocycles. The summed E-state index contributed by atoms with van der Waals surface area (Å²) in [5.41, 5.74) is 2.47. The highest BCUT2D eigenvalue weighted by Crippen LogP contribution is 2.34. The summed E-state index contributed by atoms with van der Waals surface area (Å²) in [6, 6.07) is 9.89. The quantitative estimate of drug-likeness (QED) is 0.750. The molecule has 2 aromatic carbocycles. The number of nitrogens with one attached hydrogen (secondary N) is 1. The van der Waals surface area contributed by atoms with Gasteiger partial charge in [-0.05, 0) is 42.0 Å². The topological polar surface area (TPSA) is 71.5 Å². The third-order valence-electron chi connectivity index (χ3n) is 3.88. The fraction of sp³-hybridized carbons (Fsp3) is 0.167. The van der Waals surface area contributed by atoms with Crippen LogP contribution in [-0.2, 0) is 11.2 Å². The number of carbonyl (C=O) groups is 1. The predicted octanol–water partition coefficient (Wildman–Crippen LogP) is 3.62. The highest BCUT2D eigenvalue weighted by atomic mass is 19.1. The minimum atomic E-state index is -0.964. The molecule has 1 heterocycles. The molecule has 1 aromatic heterocycles. The van der Waals surface area contributed by atoms with Crippen molar-refractivity contribution in [1.29, 1.82) is 0 Å². The number of ether oxygens (including phenoxy) is 2. The molecule has 124 valence electrons. The maximum Gasteiger partial charge on any atom is 0.307 e. The lowest BCUT2D eigenvalue weighted by atomic mass is 10.0. The number of aliphatic carboxylic acids is 1. The van der Waals surface area contributed by atoms with Crippen LogP contribution >= 0.6 is 0 Å². The smallest absolute Gasteiger partial charge is 0.307 e. The molecule has 5 nitrogen and oxygen atoms in total. The van der Waals surface area contributed by atoms with Gasteiger partial charge < -0.3 is 19.6 Å². The second kappa shape index (κ2) is 6.23. The molecule has 6 heteroatoms. The van der Waals surface area contributed by atoms with E-state index in [0.717, 1.165) is 10.9 Å². The number of carboxylic acid groups (broad SMARTS) is 1. The summed E-state index contributed by atoms with van der Waals surface area (Å²) >= 11 is 0. The van der Waals surface area contributed by atoms with Crippen molar-refractivity contribution in [1.82, 2.24) is 4.98 Å². The SMILES string of the molecule is COc1ccc2[nH]c(-c3ccc(OC)c(F)c3)c(CC(=O)O)c2c1. The van der Waals surface area contributed by atoms with E-state index in [1.165, 1.54) is 19.2 Å². The Hall–Kier alpha value is -3.02. The van der Waals surface area contributed by atoms with Gasteiger partial charge in [0.25, 0.3) is 0 Å². The zero-order valence-corrected chi connectivity index (χ0v) is 13.2. The molecule has 3 aromatic rings. The van der Waals surface area contributed by atoms with Crippen molar-refractivity contribution in [2.24, 2.45) is 0 Å². The van der Waals surface area contributed by atoms with Crippen LogP contribution in [0.2, 0.25) is 0 Å². The number of H-pyrrole nitrogens is 1. The Bertz CT molecular complexity index is 917. The molecule has 3 rings (SSSR count). The third kappa shape index (κ3) is 2.78. The van der Waals surface area contributed by atoms with Gasteiger partial charge in [-0.3, -0.25) is 4.79 Å². The van der Waals surface area contributed by atoms with Crippen molar-refractivity contribution in [2.75, 3.05) is 14.2 Å². The molecule has 0 aliphatic carbocycles. The molecule has 24 heavy (non-hydrogen) atoms. The summed E-state index contributed by atoms with van der Waals surface area (Å²) < 4.78 is 24.2. The molecule has 0 saturated heterocycles. The van der Waals surface area contributed by atoms with E-state index in [1.54, 1.807) is 25.3 Å². The third-order valence-corrected chi connectivity index (χ3v) is 3.88. The fourth-order valence-electron chi connectivity index (χ4n) is 2.76. The number of hydrogen-bond acceptors (Lipinski definition) is 3. The summed E-state index contributed by atoms with van der Waals surface area (Å²) in [4.78, 5) is 14.5. The van der Waals surface area contributed by atoms with Crippen LogP contribution in [0.1, 0.15) is 5.56 Å². The fourth-order valence-corrected chi connectivity index (χ4v) is 2.76. The summed E-state index contributed by atoms with van der Waals surface area (Å²) in [5, 5.41) is 9.98. The number of benzene rings is 2. The first-order valence-electron chi connectivity index (χ1n) is 7.27. The first-order valence-corrected chi connectivity index (χ1v) is 7.27. The van der Waals surface area contributed by atoms with E-state index in [2.05, 4.69) is 4.98 Å². The van der Waals surface area contributed by atoms with Crippen molar-refractivity contribution >= 4 is 16.9 Å². The van der Waals surface area contributed by atoms with Crippen LogP contribution in [0.15, 0.2) is 36.4 Å². The molecule has 0 amide bonds. The highest BCUT2D eigenvalue weighted by Gasteiger charge is 2.17. The molecular formula is C18H16FNO4. The molecule has 0 atom stereocenters. The zero-order chi connectivity index (χ0) is 17.3. The number of hydrogen-bond donors (Lipinski definition) is 2. The van der Waals surface area contributed by atoms with Crippen molar-refractivity contribution in [3.63, 3.8) is 0 Å². The maximum absolute atomic E-state index is 14.0. The van der Waals surface area contributed by atoms with Gasteiger partial charge in [0, 0.05) is 16.5 Å². The van der Waals surface area contributed by atoms with Crippen LogP contribution < -0.4 is 9.47 Å². The van der Waals surface area contributed by atoms with Gasteiger partial charge in [0.15, 0.2) is 11.6 Å². The monoisotopic (exact) mass is 329 g/mol. The minimum absolute atomic E-state index is 0.135. The largest absolute Gasteiger partial charge is 0.497 e. The lowest BCUT2D eigenvalue weighted by Crippen LogP contribution is -2.01. The van der Waals surface area contributed by atoms with Crippen molar-refractivity contribution < 1.29 is 23.8 Å². The van der Waals surface area contributed by atoms with E-state index in [0.29, 0.717) is 22.6 Å². The first kappa shape index (κ1) is 15.9. The number of methoxy groups -OCH3 is 2. The summed E-state index contributed by atoms with van der Waals surface area (Å²) in [6.07, 6.45) is -0.184. The maximum atomic E-state index is 14.0. The summed E-state index contributed by atoms with van der Waals surface area (Å²) in [7, 11) is 2.94. The van der Waals surface area contributed by atoms with Crippen LogP contribution in [0, 0.1) is 5.82 Å². The summed E-state index contributed by atoms with van der Waals surface area (Å²) in [6.45, 7) is 0. The van der Waals surface area contributed by atoms with Gasteiger partial charge >= 0.3 is 5.97 Å². The van der Waals surface area contributed by atoms with Gasteiger partial charge in [-0.25, -0.2) is 4.39 Å². The van der Waals surface area contributed by atoms with Crippen molar-refractivity contribution in [3.8, 4) is 22.8 Å². The van der Waals surface area contributed by atoms with Gasteiger partial charge in [0.2, 0.25) is 0 Å². The Balaban J connectivity index is 2.22. The number of aromatic nitrogens is 1. The summed E-state index contributed by atoms with van der Waals surface area (Å²) in [5.74, 6) is -0.710. The zero-order valence-electron chi connectivity index (χ0n) is 13.2. The van der Waals surface area contributed by atoms with E-state index in [1.807, 2.05) is 6.07 Å². The lowest BCUT2D eigenvalue weighted by molar-refractivity contribution is -0.136. The van der Waals surface area contributed by atoms with Crippen LogP contribution in [0.3, 0.4) is 0 Å². The van der Waals surface area contributed by atoms with Gasteiger partial charge in [-0.1, -0.05) is 0 Å². The number of carboxylic acids is 1. The van der Waals surface area contributed by atoms with E-state index in [4.69, 9.17) is 9.47 Å². The molecule has 0 aliphatic rings. The molecule has 0 radical (unpaired) electrons. The number of aromatic amines is 1. The van der Waals surface area contributed by atoms with Crippen LogP contribution in [0.5, 0.6) is 11.5 Å². The average molecular weight is 329 g/mol. The van der Waals surface area contributed by atoms with Gasteiger partial charge in [0.05, 0.1) is 26.3 Å². The number of fused-ring (bicyclic) bond motifs is 1. The molecule has 0 saturated carbocycles. The van der Waals surface area contributed by atoms with E-state index in [9.17, 15) is 14.3 Å². The standard InChI is InChI=1S/C18H16FNO4/c1-23-11-4-5-15-12(8-11)13(9-17(21)22)18(20-15)10-3-6-16(24-2)14(19)7-10/h3-8,20H,9H2,1-2H3,(H,21,22). The average Bonchev–Trinajstić information content (AvgIpc) is 2.92. The Morgan fingerprint density at radius 2 is 1.96 bits per heavy atom. The van der Waals surface area contributed by atoms with E-state index >= 15 is 0 Å². The van der Waals surface area contributed by atoms with Crippen molar-refractivity contribution in [3.05, 3.63) is 47.8 Å². The second-order valence-electron chi connectivity index (χ2n) is 5.31. The Labute approximate surface area is 137 Å². The van der Waals surface area contributed by atoms with Gasteiger partial charge in [0.1, 0.15) is 5.75 Å².